The van der Waals surface area contributed by atoms with E-state index in [4.69, 9.17) is 42.6 Å². The van der Waals surface area contributed by atoms with Crippen LogP contribution in [0.15, 0.2) is 60.7 Å². The van der Waals surface area contributed by atoms with Gasteiger partial charge in [-0.1, -0.05) is 145 Å². The van der Waals surface area contributed by atoms with Crippen molar-refractivity contribution in [3.63, 3.8) is 0 Å². The van der Waals surface area contributed by atoms with Crippen molar-refractivity contribution in [1.29, 1.82) is 0 Å². The summed E-state index contributed by atoms with van der Waals surface area (Å²) in [7, 11) is 0. The Labute approximate surface area is 451 Å². The minimum absolute atomic E-state index is 0.116. The minimum atomic E-state index is -0.603. The van der Waals surface area contributed by atoms with Crippen molar-refractivity contribution in [2.45, 2.75) is 196 Å². The molecule has 0 heterocycles. The maximum absolute atomic E-state index is 13.3. The Morgan fingerprint density at radius 1 is 0.387 bits per heavy atom. The van der Waals surface area contributed by atoms with E-state index in [1.165, 1.54) is 12.2 Å². The van der Waals surface area contributed by atoms with Crippen LogP contribution in [0.4, 0.5) is 0 Å². The molecule has 0 bridgehead atoms. The van der Waals surface area contributed by atoms with E-state index >= 15 is 0 Å². The molecular weight excluding hydrogens is 949 g/mol. The minimum Gasteiger partial charge on any atom is -0.490 e. The largest absolute Gasteiger partial charge is 0.490 e. The monoisotopic (exact) mass is 1040 g/mol. The average molecular weight is 1040 g/mol. The topological polar surface area (TPSA) is 134 Å². The Bertz CT molecular complexity index is 2080. The predicted octanol–water partition coefficient (Wildman–Crippen LogP) is 16.5. The molecule has 0 fully saturated rings. The molecule has 1 atom stereocenters. The Kier molecular flexibility index (Phi) is 34.5. The number of unbranched alkanes of at least 4 members (excludes halogenated alkanes) is 16. The molecule has 12 nitrogen and oxygen atoms in total. The Morgan fingerprint density at radius 3 is 1.05 bits per heavy atom. The van der Waals surface area contributed by atoms with E-state index in [-0.39, 0.29) is 23.4 Å². The van der Waals surface area contributed by atoms with Crippen LogP contribution in [0.1, 0.15) is 207 Å². The van der Waals surface area contributed by atoms with Gasteiger partial charge in [0.1, 0.15) is 11.5 Å². The fourth-order valence-corrected chi connectivity index (χ4v) is 7.76. The van der Waals surface area contributed by atoms with E-state index in [0.29, 0.717) is 105 Å². The summed E-state index contributed by atoms with van der Waals surface area (Å²) in [5.41, 5.74) is 1.33. The summed E-state index contributed by atoms with van der Waals surface area (Å²) in [5.74, 6) is 2.39. The van der Waals surface area contributed by atoms with Crippen molar-refractivity contribution in [1.82, 2.24) is 0 Å². The van der Waals surface area contributed by atoms with Gasteiger partial charge in [0, 0.05) is 23.3 Å². The summed E-state index contributed by atoms with van der Waals surface area (Å²) in [5, 5.41) is 0. The molecule has 1 unspecified atom stereocenters. The van der Waals surface area contributed by atoms with Crippen molar-refractivity contribution in [3.8, 4) is 46.0 Å². The van der Waals surface area contributed by atoms with Gasteiger partial charge in [0.25, 0.3) is 0 Å². The van der Waals surface area contributed by atoms with Crippen LogP contribution in [0.5, 0.6) is 46.0 Å². The number of benzene rings is 3. The smallest absolute Gasteiger partial charge is 0.336 e. The summed E-state index contributed by atoms with van der Waals surface area (Å²) in [6, 6.07) is 13.8. The zero-order chi connectivity index (χ0) is 54.1. The first-order valence-corrected chi connectivity index (χ1v) is 28.9. The quantitative estimate of drug-likeness (QED) is 0.0231. The van der Waals surface area contributed by atoms with Crippen molar-refractivity contribution in [2.24, 2.45) is 5.92 Å². The van der Waals surface area contributed by atoms with E-state index in [9.17, 15) is 14.4 Å². The normalized spacial score (nSPS) is 11.7. The van der Waals surface area contributed by atoms with Crippen LogP contribution >= 0.6 is 0 Å². The van der Waals surface area contributed by atoms with Crippen LogP contribution in [0.25, 0.3) is 12.2 Å². The highest BCUT2D eigenvalue weighted by atomic mass is 16.6. The summed E-state index contributed by atoms with van der Waals surface area (Å²) in [6.45, 7) is 18.1. The predicted molar refractivity (Wildman–Crippen MR) is 302 cm³/mol. The first kappa shape index (κ1) is 63.6. The van der Waals surface area contributed by atoms with Gasteiger partial charge in [-0.15, -0.1) is 0 Å². The van der Waals surface area contributed by atoms with Crippen LogP contribution in [0.2, 0.25) is 0 Å². The van der Waals surface area contributed by atoms with E-state index < -0.39 is 11.9 Å². The maximum Gasteiger partial charge on any atom is 0.336 e. The van der Waals surface area contributed by atoms with Crippen molar-refractivity contribution in [2.75, 3.05) is 46.2 Å². The van der Waals surface area contributed by atoms with Gasteiger partial charge in [-0.2, -0.15) is 0 Å². The lowest BCUT2D eigenvalue weighted by Crippen LogP contribution is -2.15. The molecular formula is C63H94O12. The third-order valence-corrected chi connectivity index (χ3v) is 12.6. The molecule has 0 saturated carbocycles. The Hall–Kier alpha value is -5.65. The molecule has 0 radical (unpaired) electrons. The lowest BCUT2D eigenvalue weighted by Gasteiger charge is -2.19. The van der Waals surface area contributed by atoms with E-state index in [1.54, 1.807) is 36.4 Å². The van der Waals surface area contributed by atoms with E-state index in [2.05, 4.69) is 34.6 Å². The van der Waals surface area contributed by atoms with E-state index in [1.807, 2.05) is 38.1 Å². The standard InChI is InChI=1S/C63H94O12/c1-8-14-19-24-43-67-55-39-31-51(59(69-45-25-20-15-9-2)61(55)71-47-27-22-17-11-4)33-41-57(64)74-53-35-37-54(38-36-53)75-58(65)42-34-52-32-40-56(68-44-29-30-49-73-63(66)50(7)13-6)62(72-48-28-23-18-12-5)60(52)70-46-26-21-16-10-3/h31-42,50H,8-30,43-49H2,1-7H3. The third kappa shape index (κ3) is 26.6. The fourth-order valence-electron chi connectivity index (χ4n) is 7.76. The zero-order valence-corrected chi connectivity index (χ0v) is 47.1. The zero-order valence-electron chi connectivity index (χ0n) is 47.1. The van der Waals surface area contributed by atoms with Crippen LogP contribution < -0.4 is 37.9 Å². The second kappa shape index (κ2) is 40.6. The SMILES string of the molecule is CCCCCCOc1ccc(C=CC(=O)Oc2ccc(OC(=O)C=Cc3ccc(OCCCCOC(=O)C(C)CC)c(OCCCCCC)c3OCCCCCC)cc2)c(OCCCCCC)c1OCCCCCC. The fraction of sp³-hybridized carbons (Fsp3) is 0.603. The van der Waals surface area contributed by atoms with E-state index in [0.717, 1.165) is 135 Å². The lowest BCUT2D eigenvalue weighted by molar-refractivity contribution is -0.148. The van der Waals surface area contributed by atoms with Crippen LogP contribution in [-0.4, -0.2) is 64.2 Å². The summed E-state index contributed by atoms with van der Waals surface area (Å²) < 4.78 is 55.0. The summed E-state index contributed by atoms with van der Waals surface area (Å²) in [4.78, 5) is 38.6. The molecule has 0 aliphatic carbocycles. The molecule has 12 heteroatoms. The highest BCUT2D eigenvalue weighted by Crippen LogP contribution is 2.43. The highest BCUT2D eigenvalue weighted by Gasteiger charge is 2.20. The van der Waals surface area contributed by atoms with Gasteiger partial charge in [0.15, 0.2) is 23.0 Å². The molecule has 0 aliphatic rings. The molecule has 0 aliphatic heterocycles. The number of ether oxygens (including phenoxy) is 9. The molecule has 0 spiro atoms. The third-order valence-electron chi connectivity index (χ3n) is 12.6. The van der Waals surface area contributed by atoms with Gasteiger partial charge >= 0.3 is 17.9 Å². The summed E-state index contributed by atoms with van der Waals surface area (Å²) >= 11 is 0. The summed E-state index contributed by atoms with van der Waals surface area (Å²) in [6.07, 6.45) is 29.3. The molecule has 75 heavy (non-hydrogen) atoms. The first-order valence-electron chi connectivity index (χ1n) is 28.9. The van der Waals surface area contributed by atoms with Crippen LogP contribution in [-0.2, 0) is 19.1 Å². The van der Waals surface area contributed by atoms with Crippen LogP contribution in [0.3, 0.4) is 0 Å². The number of carbonyl (C=O) groups excluding carboxylic acids is 3. The molecule has 0 amide bonds. The lowest BCUT2D eigenvalue weighted by atomic mass is 10.1. The number of esters is 3. The van der Waals surface area contributed by atoms with Gasteiger partial charge in [0.2, 0.25) is 11.5 Å². The van der Waals surface area contributed by atoms with Gasteiger partial charge in [-0.25, -0.2) is 9.59 Å². The number of hydrogen-bond donors (Lipinski definition) is 0. The first-order chi connectivity index (χ1) is 36.7. The number of hydrogen-bond acceptors (Lipinski definition) is 12. The number of carbonyl (C=O) groups is 3. The van der Waals surface area contributed by atoms with Crippen LogP contribution in [0, 0.1) is 5.92 Å². The van der Waals surface area contributed by atoms with Crippen molar-refractivity contribution >= 4 is 30.1 Å². The van der Waals surface area contributed by atoms with Crippen molar-refractivity contribution in [3.05, 3.63) is 71.8 Å². The second-order valence-corrected chi connectivity index (χ2v) is 19.2. The molecule has 0 saturated heterocycles. The maximum atomic E-state index is 13.3. The second-order valence-electron chi connectivity index (χ2n) is 19.2. The molecule has 418 valence electrons. The number of rotatable bonds is 44. The van der Waals surface area contributed by atoms with Crippen molar-refractivity contribution < 1.29 is 57.0 Å². The molecule has 3 rings (SSSR count). The highest BCUT2D eigenvalue weighted by molar-refractivity contribution is 5.90. The Balaban J connectivity index is 1.77. The van der Waals surface area contributed by atoms with Gasteiger partial charge < -0.3 is 42.6 Å². The van der Waals surface area contributed by atoms with Gasteiger partial charge in [-0.05, 0) is 112 Å². The Morgan fingerprint density at radius 2 is 0.707 bits per heavy atom. The molecule has 0 N–H and O–H groups in total. The molecule has 3 aromatic rings. The van der Waals surface area contributed by atoms with Gasteiger partial charge in [0.05, 0.1) is 52.2 Å². The average Bonchev–Trinajstić information content (AvgIpc) is 3.41. The molecule has 0 aromatic heterocycles. The molecule has 3 aromatic carbocycles. The van der Waals surface area contributed by atoms with Gasteiger partial charge in [-0.3, -0.25) is 4.79 Å².